The van der Waals surface area contributed by atoms with E-state index in [4.69, 9.17) is 16.2 Å². The molecule has 2 aromatic rings. The Balaban J connectivity index is 1.21. The molecule has 1 saturated heterocycles. The van der Waals surface area contributed by atoms with Gasteiger partial charge in [0.2, 0.25) is 16.9 Å². The van der Waals surface area contributed by atoms with Crippen LogP contribution in [0.25, 0.3) is 0 Å². The third-order valence-electron chi connectivity index (χ3n) is 5.34. The summed E-state index contributed by atoms with van der Waals surface area (Å²) in [5, 5.41) is 7.94. The zero-order valence-electron chi connectivity index (χ0n) is 20.9. The molecule has 1 aliphatic heterocycles. The van der Waals surface area contributed by atoms with E-state index in [9.17, 15) is 9.59 Å². The molecule has 0 saturated carbocycles. The Hall–Kier alpha value is -3.09. The van der Waals surface area contributed by atoms with Crippen molar-refractivity contribution in [1.29, 1.82) is 0 Å². The summed E-state index contributed by atoms with van der Waals surface area (Å²) in [4.78, 5) is 34.5. The predicted octanol–water partition coefficient (Wildman–Crippen LogP) is 2.13. The monoisotopic (exact) mass is 545 g/mol. The van der Waals surface area contributed by atoms with Gasteiger partial charge in [-0.3, -0.25) is 14.5 Å². The number of hydrogen-bond donors (Lipinski definition) is 4. The minimum absolute atomic E-state index is 0.0170. The van der Waals surface area contributed by atoms with Gasteiger partial charge in [0.25, 0.3) is 0 Å². The van der Waals surface area contributed by atoms with Gasteiger partial charge in [0.15, 0.2) is 5.96 Å². The van der Waals surface area contributed by atoms with E-state index in [1.807, 2.05) is 17.5 Å². The number of thiazole rings is 1. The zero-order valence-corrected chi connectivity index (χ0v) is 22.5. The zero-order chi connectivity index (χ0) is 26.3. The van der Waals surface area contributed by atoms with E-state index >= 15 is 0 Å². The molecule has 0 bridgehead atoms. The summed E-state index contributed by atoms with van der Waals surface area (Å²) in [6, 6.07) is 8.18. The van der Waals surface area contributed by atoms with Gasteiger partial charge in [0.1, 0.15) is 5.75 Å². The summed E-state index contributed by atoms with van der Waals surface area (Å²) in [5.74, 6) is 1.62. The number of nitrogens with two attached hydrogens (primary N) is 2. The molecule has 1 aliphatic rings. The number of guanidine groups is 1. The van der Waals surface area contributed by atoms with E-state index < -0.39 is 0 Å². The molecule has 0 radical (unpaired) electrons. The lowest BCUT2D eigenvalue weighted by atomic mass is 10.2. The van der Waals surface area contributed by atoms with E-state index in [1.165, 1.54) is 41.9 Å². The SMILES string of the molecule is NC(N)=Nc1nc(CSCCNC(=O)C=CC(=O)NCCCOc2cccc(CN3CCCC3)c2)cs1. The molecule has 0 atom stereocenters. The number of thioether (sulfide) groups is 1. The number of carbonyl (C=O) groups excluding carboxylic acids is 2. The minimum atomic E-state index is -0.309. The second-order valence-corrected chi connectivity index (χ2v) is 10.4. The number of aliphatic imine (C=N–C) groups is 1. The quantitative estimate of drug-likeness (QED) is 0.115. The van der Waals surface area contributed by atoms with Gasteiger partial charge in [-0.2, -0.15) is 16.8 Å². The van der Waals surface area contributed by atoms with Crippen LogP contribution in [0, 0.1) is 0 Å². The number of rotatable bonds is 15. The Kier molecular flexibility index (Phi) is 12.2. The number of likely N-dealkylation sites (tertiary alicyclic amines) is 1. The molecule has 1 aromatic carbocycles. The molecule has 10 nitrogen and oxygen atoms in total. The molecule has 1 fully saturated rings. The topological polar surface area (TPSA) is 148 Å². The van der Waals surface area contributed by atoms with Crippen molar-refractivity contribution in [2.45, 2.75) is 31.6 Å². The first-order valence-electron chi connectivity index (χ1n) is 12.3. The molecule has 0 unspecified atom stereocenters. The van der Waals surface area contributed by atoms with Crippen molar-refractivity contribution in [2.24, 2.45) is 16.5 Å². The van der Waals surface area contributed by atoms with E-state index in [-0.39, 0.29) is 17.8 Å². The Morgan fingerprint density at radius 3 is 2.68 bits per heavy atom. The number of nitrogens with zero attached hydrogens (tertiary/aromatic N) is 3. The van der Waals surface area contributed by atoms with Crippen molar-refractivity contribution in [3.63, 3.8) is 0 Å². The summed E-state index contributed by atoms with van der Waals surface area (Å²) in [6.07, 6.45) is 5.71. The Morgan fingerprint density at radius 1 is 1.16 bits per heavy atom. The molecule has 0 aliphatic carbocycles. The molecule has 12 heteroatoms. The van der Waals surface area contributed by atoms with Gasteiger partial charge in [-0.25, -0.2) is 4.98 Å². The second-order valence-electron chi connectivity index (χ2n) is 8.46. The molecule has 200 valence electrons. The van der Waals surface area contributed by atoms with Crippen LogP contribution >= 0.6 is 23.1 Å². The fourth-order valence-corrected chi connectivity index (χ4v) is 5.18. The van der Waals surface area contributed by atoms with Gasteiger partial charge in [-0.15, -0.1) is 11.3 Å². The lowest BCUT2D eigenvalue weighted by Crippen LogP contribution is -2.26. The highest BCUT2D eigenvalue weighted by molar-refractivity contribution is 7.98. The summed E-state index contributed by atoms with van der Waals surface area (Å²) in [5.41, 5.74) is 12.8. The van der Waals surface area contributed by atoms with Crippen LogP contribution in [0.5, 0.6) is 5.75 Å². The van der Waals surface area contributed by atoms with Crippen LogP contribution < -0.4 is 26.8 Å². The highest BCUT2D eigenvalue weighted by atomic mass is 32.2. The fraction of sp³-hybridized carbons (Fsp3) is 0.440. The van der Waals surface area contributed by atoms with Gasteiger partial charge >= 0.3 is 0 Å². The van der Waals surface area contributed by atoms with E-state index in [0.29, 0.717) is 42.8 Å². The maximum Gasteiger partial charge on any atom is 0.244 e. The maximum absolute atomic E-state index is 11.9. The number of amides is 2. The highest BCUT2D eigenvalue weighted by Crippen LogP contribution is 2.21. The van der Waals surface area contributed by atoms with Crippen LogP contribution in [0.15, 0.2) is 46.8 Å². The molecule has 0 spiro atoms. The average molecular weight is 546 g/mol. The number of carbonyl (C=O) groups is 2. The van der Waals surface area contributed by atoms with Crippen molar-refractivity contribution < 1.29 is 14.3 Å². The number of aromatic nitrogens is 1. The summed E-state index contributed by atoms with van der Waals surface area (Å²) < 4.78 is 5.83. The van der Waals surface area contributed by atoms with E-state index in [1.54, 1.807) is 11.8 Å². The normalized spacial score (nSPS) is 13.5. The van der Waals surface area contributed by atoms with Gasteiger partial charge < -0.3 is 26.8 Å². The Bertz CT molecular complexity index is 1060. The molecule has 1 aromatic heterocycles. The van der Waals surface area contributed by atoms with E-state index in [0.717, 1.165) is 31.1 Å². The van der Waals surface area contributed by atoms with Gasteiger partial charge in [-0.05, 0) is 50.0 Å². The van der Waals surface area contributed by atoms with Crippen LogP contribution in [-0.2, 0) is 21.9 Å². The summed E-state index contributed by atoms with van der Waals surface area (Å²) >= 11 is 3.00. The molecule has 6 N–H and O–H groups in total. The van der Waals surface area contributed by atoms with Crippen molar-refractivity contribution in [1.82, 2.24) is 20.5 Å². The predicted molar refractivity (Wildman–Crippen MR) is 150 cm³/mol. The van der Waals surface area contributed by atoms with Gasteiger partial charge in [0.05, 0.1) is 12.3 Å². The van der Waals surface area contributed by atoms with Crippen LogP contribution in [0.1, 0.15) is 30.5 Å². The van der Waals surface area contributed by atoms with Crippen molar-refractivity contribution in [3.8, 4) is 5.75 Å². The van der Waals surface area contributed by atoms with Crippen LogP contribution in [0.2, 0.25) is 0 Å². The number of hydrogen-bond acceptors (Lipinski definition) is 8. The smallest absolute Gasteiger partial charge is 0.244 e. The highest BCUT2D eigenvalue weighted by Gasteiger charge is 2.12. The average Bonchev–Trinajstić information content (AvgIpc) is 3.54. The lowest BCUT2D eigenvalue weighted by Gasteiger charge is -2.15. The van der Waals surface area contributed by atoms with Gasteiger partial charge in [-0.1, -0.05) is 12.1 Å². The second kappa shape index (κ2) is 15.9. The fourth-order valence-electron chi connectivity index (χ4n) is 3.62. The van der Waals surface area contributed by atoms with Crippen molar-refractivity contribution >= 4 is 46.0 Å². The molecular weight excluding hydrogens is 510 g/mol. The molecular formula is C25H35N7O3S2. The molecule has 37 heavy (non-hydrogen) atoms. The number of benzene rings is 1. The maximum atomic E-state index is 11.9. The standard InChI is InChI=1S/C25H35N7O3S2/c26-24(27)31-25-30-20(18-37-25)17-36-14-10-29-23(34)8-7-22(33)28-9-4-13-35-21-6-3-5-19(15-21)16-32-11-1-2-12-32/h3,5-8,15,18H,1-2,4,9-14,16-17H2,(H,28,33)(H,29,34)(H4,26,27,30,31). The number of ether oxygens (including phenoxy) is 1. The number of nitrogens with one attached hydrogen (secondary N) is 2. The van der Waals surface area contributed by atoms with Gasteiger partial charge in [0, 0.05) is 48.7 Å². The first-order valence-corrected chi connectivity index (χ1v) is 14.3. The van der Waals surface area contributed by atoms with Crippen LogP contribution in [0.4, 0.5) is 5.13 Å². The Morgan fingerprint density at radius 2 is 1.92 bits per heavy atom. The largest absolute Gasteiger partial charge is 0.494 e. The van der Waals surface area contributed by atoms with Crippen LogP contribution in [-0.4, -0.2) is 66.2 Å². The van der Waals surface area contributed by atoms with Crippen molar-refractivity contribution in [3.05, 3.63) is 53.1 Å². The molecule has 3 rings (SSSR count). The first-order chi connectivity index (χ1) is 18.0. The lowest BCUT2D eigenvalue weighted by molar-refractivity contribution is -0.118. The van der Waals surface area contributed by atoms with Crippen LogP contribution in [0.3, 0.4) is 0 Å². The molecule has 2 heterocycles. The Labute approximate surface area is 225 Å². The third-order valence-corrected chi connectivity index (χ3v) is 7.11. The summed E-state index contributed by atoms with van der Waals surface area (Å²) in [7, 11) is 0. The first kappa shape index (κ1) is 28.5. The third kappa shape index (κ3) is 11.7. The van der Waals surface area contributed by atoms with E-state index in [2.05, 4.69) is 37.6 Å². The minimum Gasteiger partial charge on any atom is -0.494 e. The van der Waals surface area contributed by atoms with Crippen molar-refractivity contribution in [2.75, 3.05) is 38.5 Å². The molecule has 2 amide bonds. The summed E-state index contributed by atoms with van der Waals surface area (Å²) in [6.45, 7) is 4.75.